The summed E-state index contributed by atoms with van der Waals surface area (Å²) in [7, 11) is 1.66. The van der Waals surface area contributed by atoms with Crippen LogP contribution >= 0.6 is 11.8 Å². The van der Waals surface area contributed by atoms with Gasteiger partial charge in [0, 0.05) is 17.0 Å². The normalized spacial score (nSPS) is 35.2. The number of hydrogen-bond acceptors (Lipinski definition) is 4. The van der Waals surface area contributed by atoms with Crippen LogP contribution in [0.5, 0.6) is 11.5 Å². The van der Waals surface area contributed by atoms with E-state index in [0.29, 0.717) is 11.4 Å². The molecule has 28 heavy (non-hydrogen) atoms. The van der Waals surface area contributed by atoms with Gasteiger partial charge in [-0.25, -0.2) is 0 Å². The Bertz CT molecular complexity index is 714. The maximum atomic E-state index is 12.7. The predicted octanol–water partition coefficient (Wildman–Crippen LogP) is 4.06. The van der Waals surface area contributed by atoms with Gasteiger partial charge < -0.3 is 14.8 Å². The van der Waals surface area contributed by atoms with Crippen molar-refractivity contribution in [1.29, 1.82) is 0 Å². The molecule has 6 rings (SSSR count). The number of amides is 1. The molecule has 4 bridgehead atoms. The smallest absolute Gasteiger partial charge is 0.226 e. The van der Waals surface area contributed by atoms with Gasteiger partial charge in [0.1, 0.15) is 18.1 Å². The Balaban J connectivity index is 1.10. The van der Waals surface area contributed by atoms with Crippen LogP contribution in [0.2, 0.25) is 0 Å². The number of thioether (sulfide) groups is 1. The molecule has 1 aromatic carbocycles. The highest BCUT2D eigenvalue weighted by molar-refractivity contribution is 8.00. The molecular weight excluding hydrogens is 370 g/mol. The van der Waals surface area contributed by atoms with Gasteiger partial charge in [0.2, 0.25) is 5.91 Å². The molecule has 0 unspecified atom stereocenters. The maximum Gasteiger partial charge on any atom is 0.226 e. The first-order valence-electron chi connectivity index (χ1n) is 10.8. The van der Waals surface area contributed by atoms with E-state index in [0.717, 1.165) is 53.5 Å². The molecule has 0 spiro atoms. The lowest BCUT2D eigenvalue weighted by molar-refractivity contribution is -0.126. The van der Waals surface area contributed by atoms with Crippen LogP contribution in [0, 0.1) is 23.7 Å². The molecule has 1 atom stereocenters. The van der Waals surface area contributed by atoms with Gasteiger partial charge in [-0.05, 0) is 86.5 Å². The number of ether oxygens (including phenoxy) is 2. The molecular formula is C23H31NO3S. The first-order valence-corrected chi connectivity index (χ1v) is 11.8. The van der Waals surface area contributed by atoms with Gasteiger partial charge in [0.05, 0.1) is 13.0 Å². The van der Waals surface area contributed by atoms with Crippen molar-refractivity contribution >= 4 is 17.7 Å². The topological polar surface area (TPSA) is 47.6 Å². The molecule has 1 aliphatic heterocycles. The van der Waals surface area contributed by atoms with E-state index < -0.39 is 0 Å². The summed E-state index contributed by atoms with van der Waals surface area (Å²) in [5.74, 6) is 5.72. The Labute approximate surface area is 172 Å². The molecule has 4 nitrogen and oxygen atoms in total. The standard InChI is InChI=1S/C23H31NO3S/c1-26-20-2-3-21-18(10-20)9-19(14-27-21)22(25)24-4-5-28-23-11-15-6-16(12-23)8-17(7-15)13-23/h2-3,10,15-17,19H,4-9,11-14H2,1H3,(H,24,25)/t15?,16?,17?,19-,23?/m1/s1. The van der Waals surface area contributed by atoms with Crippen LogP contribution in [0.15, 0.2) is 18.2 Å². The van der Waals surface area contributed by atoms with Crippen molar-refractivity contribution in [3.63, 3.8) is 0 Å². The van der Waals surface area contributed by atoms with Crippen molar-refractivity contribution < 1.29 is 14.3 Å². The van der Waals surface area contributed by atoms with Gasteiger partial charge in [-0.2, -0.15) is 11.8 Å². The number of methoxy groups -OCH3 is 1. The van der Waals surface area contributed by atoms with E-state index in [1.807, 2.05) is 18.2 Å². The zero-order valence-corrected chi connectivity index (χ0v) is 17.6. The molecule has 1 heterocycles. The summed E-state index contributed by atoms with van der Waals surface area (Å²) >= 11 is 2.15. The summed E-state index contributed by atoms with van der Waals surface area (Å²) < 4.78 is 11.6. The fourth-order valence-corrected chi connectivity index (χ4v) is 8.16. The molecule has 1 N–H and O–H groups in total. The van der Waals surface area contributed by atoms with Crippen LogP contribution in [0.3, 0.4) is 0 Å². The van der Waals surface area contributed by atoms with Crippen LogP contribution in [0.1, 0.15) is 44.1 Å². The van der Waals surface area contributed by atoms with E-state index >= 15 is 0 Å². The van der Waals surface area contributed by atoms with Gasteiger partial charge in [-0.15, -0.1) is 0 Å². The Morgan fingerprint density at radius 2 is 1.93 bits per heavy atom. The number of nitrogens with one attached hydrogen (secondary N) is 1. The Hall–Kier alpha value is -1.36. The average Bonchev–Trinajstić information content (AvgIpc) is 2.69. The summed E-state index contributed by atoms with van der Waals surface area (Å²) in [6.45, 7) is 1.24. The SMILES string of the molecule is COc1ccc2c(c1)C[C@@H](C(=O)NCCSC13CC4CC(CC(C4)C1)C3)CO2. The number of hydrogen-bond donors (Lipinski definition) is 1. The second-order valence-electron chi connectivity index (χ2n) is 9.43. The Morgan fingerprint density at radius 3 is 2.61 bits per heavy atom. The van der Waals surface area contributed by atoms with Crippen LogP contribution in [-0.2, 0) is 11.2 Å². The van der Waals surface area contributed by atoms with E-state index in [2.05, 4.69) is 17.1 Å². The Kier molecular flexibility index (Phi) is 4.98. The van der Waals surface area contributed by atoms with Crippen LogP contribution < -0.4 is 14.8 Å². The maximum absolute atomic E-state index is 12.7. The molecule has 0 saturated heterocycles. The molecule has 4 fully saturated rings. The van der Waals surface area contributed by atoms with Gasteiger partial charge in [0.25, 0.3) is 0 Å². The van der Waals surface area contributed by atoms with E-state index in [1.54, 1.807) is 7.11 Å². The fourth-order valence-electron chi connectivity index (χ4n) is 6.46. The van der Waals surface area contributed by atoms with E-state index in [9.17, 15) is 4.79 Å². The first-order chi connectivity index (χ1) is 13.6. The predicted molar refractivity (Wildman–Crippen MR) is 112 cm³/mol. The average molecular weight is 402 g/mol. The third-order valence-electron chi connectivity index (χ3n) is 7.34. The molecule has 1 aromatic rings. The lowest BCUT2D eigenvalue weighted by Gasteiger charge is -2.56. The van der Waals surface area contributed by atoms with Gasteiger partial charge in [0.15, 0.2) is 0 Å². The highest BCUT2D eigenvalue weighted by Crippen LogP contribution is 2.60. The quantitative estimate of drug-likeness (QED) is 0.730. The summed E-state index contributed by atoms with van der Waals surface area (Å²) in [6, 6.07) is 5.82. The minimum absolute atomic E-state index is 0.107. The number of carbonyl (C=O) groups is 1. The third-order valence-corrected chi connectivity index (χ3v) is 8.86. The molecule has 152 valence electrons. The van der Waals surface area contributed by atoms with Gasteiger partial charge in [-0.1, -0.05) is 0 Å². The number of benzene rings is 1. The number of fused-ring (bicyclic) bond motifs is 1. The van der Waals surface area contributed by atoms with Crippen molar-refractivity contribution in [3.8, 4) is 11.5 Å². The molecule has 4 aliphatic carbocycles. The van der Waals surface area contributed by atoms with Crippen molar-refractivity contribution in [2.45, 2.75) is 49.7 Å². The van der Waals surface area contributed by atoms with E-state index in [-0.39, 0.29) is 11.8 Å². The van der Waals surface area contributed by atoms with Crippen LogP contribution in [-0.4, -0.2) is 36.7 Å². The van der Waals surface area contributed by atoms with Crippen molar-refractivity contribution in [2.24, 2.45) is 23.7 Å². The van der Waals surface area contributed by atoms with Crippen molar-refractivity contribution in [3.05, 3.63) is 23.8 Å². The van der Waals surface area contributed by atoms with Gasteiger partial charge in [-0.3, -0.25) is 4.79 Å². The summed E-state index contributed by atoms with van der Waals surface area (Å²) in [5.41, 5.74) is 1.06. The zero-order valence-electron chi connectivity index (χ0n) is 16.7. The molecule has 0 aromatic heterocycles. The summed E-state index contributed by atoms with van der Waals surface area (Å²) in [4.78, 5) is 12.7. The van der Waals surface area contributed by atoms with Crippen molar-refractivity contribution in [2.75, 3.05) is 26.0 Å². The molecule has 1 amide bonds. The molecule has 0 radical (unpaired) electrons. The monoisotopic (exact) mass is 401 g/mol. The minimum Gasteiger partial charge on any atom is -0.497 e. The van der Waals surface area contributed by atoms with Crippen molar-refractivity contribution in [1.82, 2.24) is 5.32 Å². The minimum atomic E-state index is -0.107. The highest BCUT2D eigenvalue weighted by Gasteiger charge is 2.50. The zero-order chi connectivity index (χ0) is 19.1. The lowest BCUT2D eigenvalue weighted by atomic mass is 9.56. The highest BCUT2D eigenvalue weighted by atomic mass is 32.2. The summed E-state index contributed by atoms with van der Waals surface area (Å²) in [6.07, 6.45) is 9.46. The molecule has 5 aliphatic rings. The first kappa shape index (κ1) is 18.7. The lowest BCUT2D eigenvalue weighted by Crippen LogP contribution is -2.49. The molecule has 4 saturated carbocycles. The van der Waals surface area contributed by atoms with E-state index in [1.165, 1.54) is 38.5 Å². The number of rotatable bonds is 6. The number of carbonyl (C=O) groups excluding carboxylic acids is 1. The Morgan fingerprint density at radius 1 is 1.21 bits per heavy atom. The van der Waals surface area contributed by atoms with E-state index in [4.69, 9.17) is 9.47 Å². The van der Waals surface area contributed by atoms with Crippen LogP contribution in [0.4, 0.5) is 0 Å². The summed E-state index contributed by atoms with van der Waals surface area (Å²) in [5, 5.41) is 3.17. The second kappa shape index (κ2) is 7.47. The largest absolute Gasteiger partial charge is 0.497 e. The second-order valence-corrected chi connectivity index (χ2v) is 11.0. The van der Waals surface area contributed by atoms with Gasteiger partial charge >= 0.3 is 0 Å². The third kappa shape index (κ3) is 3.62. The fraction of sp³-hybridized carbons (Fsp3) is 0.696. The molecule has 5 heteroatoms. The van der Waals surface area contributed by atoms with Crippen LogP contribution in [0.25, 0.3) is 0 Å².